The van der Waals surface area contributed by atoms with Crippen molar-refractivity contribution in [2.75, 3.05) is 6.54 Å². The van der Waals surface area contributed by atoms with E-state index in [0.29, 0.717) is 26.1 Å². The molecule has 0 saturated carbocycles. The fraction of sp³-hybridized carbons (Fsp3) is 0.438. The van der Waals surface area contributed by atoms with Crippen molar-refractivity contribution in [2.24, 2.45) is 11.1 Å². The van der Waals surface area contributed by atoms with Gasteiger partial charge < -0.3 is 19.5 Å². The molecule has 2 N–H and O–H groups in total. The van der Waals surface area contributed by atoms with Crippen LogP contribution in [0.3, 0.4) is 0 Å². The lowest BCUT2D eigenvalue weighted by Gasteiger charge is -2.32. The molecule has 2 heterocycles. The fourth-order valence-electron chi connectivity index (χ4n) is 2.15. The minimum atomic E-state index is -0.570. The molecule has 0 spiro atoms. The minimum Gasteiger partial charge on any atom is -0.467 e. The average molecular weight is 290 g/mol. The number of carbonyl (C=O) groups excluding carboxylic acids is 1. The van der Waals surface area contributed by atoms with Crippen LogP contribution in [-0.4, -0.2) is 17.4 Å². The van der Waals surface area contributed by atoms with Crippen molar-refractivity contribution in [3.8, 4) is 0 Å². The molecule has 2 aromatic heterocycles. The van der Waals surface area contributed by atoms with Crippen molar-refractivity contribution < 1.29 is 13.6 Å². The van der Waals surface area contributed by atoms with Gasteiger partial charge >= 0.3 is 0 Å². The average Bonchev–Trinajstić information content (AvgIpc) is 3.18. The third-order valence-electron chi connectivity index (χ3n) is 3.89. The molecule has 0 bridgehead atoms. The van der Waals surface area contributed by atoms with Crippen molar-refractivity contribution in [1.29, 1.82) is 0 Å². The van der Waals surface area contributed by atoms with Crippen LogP contribution in [0.2, 0.25) is 0 Å². The highest BCUT2D eigenvalue weighted by Gasteiger charge is 2.34. The number of nitrogens with two attached hydrogens (primary N) is 1. The molecular formula is C16H22N2O3. The second-order valence-corrected chi connectivity index (χ2v) is 5.44. The summed E-state index contributed by atoms with van der Waals surface area (Å²) in [7, 11) is 0. The molecule has 21 heavy (non-hydrogen) atoms. The standard InChI is InChI=1S/C16H22N2O3/c1-3-16(2,12-17)15(19)18(10-13-6-4-8-20-13)11-14-7-5-9-21-14/h4-9H,3,10-12,17H2,1-2H3. The van der Waals surface area contributed by atoms with E-state index in [1.807, 2.05) is 38.1 Å². The van der Waals surface area contributed by atoms with E-state index in [0.717, 1.165) is 11.5 Å². The molecule has 2 rings (SSSR count). The molecule has 1 amide bonds. The maximum Gasteiger partial charge on any atom is 0.230 e. The van der Waals surface area contributed by atoms with E-state index in [9.17, 15) is 4.79 Å². The van der Waals surface area contributed by atoms with Crippen molar-refractivity contribution >= 4 is 5.91 Å². The van der Waals surface area contributed by atoms with Gasteiger partial charge in [-0.3, -0.25) is 4.79 Å². The van der Waals surface area contributed by atoms with Crippen LogP contribution < -0.4 is 5.73 Å². The van der Waals surface area contributed by atoms with Gasteiger partial charge in [-0.1, -0.05) is 6.92 Å². The van der Waals surface area contributed by atoms with Crippen LogP contribution in [0.15, 0.2) is 45.6 Å². The Morgan fingerprint density at radius 2 is 1.71 bits per heavy atom. The van der Waals surface area contributed by atoms with E-state index in [1.54, 1.807) is 17.4 Å². The van der Waals surface area contributed by atoms with Crippen molar-refractivity contribution in [2.45, 2.75) is 33.4 Å². The molecule has 114 valence electrons. The normalized spacial score (nSPS) is 13.9. The zero-order chi connectivity index (χ0) is 15.3. The van der Waals surface area contributed by atoms with E-state index < -0.39 is 5.41 Å². The third-order valence-corrected chi connectivity index (χ3v) is 3.89. The monoisotopic (exact) mass is 290 g/mol. The Kier molecular flexibility index (Phi) is 4.85. The highest BCUT2D eigenvalue weighted by atomic mass is 16.3. The van der Waals surface area contributed by atoms with Gasteiger partial charge in [-0.05, 0) is 37.6 Å². The Labute approximate surface area is 124 Å². The summed E-state index contributed by atoms with van der Waals surface area (Å²) in [6.07, 6.45) is 3.90. The lowest BCUT2D eigenvalue weighted by Crippen LogP contribution is -2.45. The number of amides is 1. The molecule has 5 nitrogen and oxygen atoms in total. The molecule has 0 fully saturated rings. The first-order valence-electron chi connectivity index (χ1n) is 7.13. The van der Waals surface area contributed by atoms with E-state index in [4.69, 9.17) is 14.6 Å². The van der Waals surface area contributed by atoms with Gasteiger partial charge in [0.25, 0.3) is 0 Å². The maximum absolute atomic E-state index is 12.8. The highest BCUT2D eigenvalue weighted by Crippen LogP contribution is 2.25. The third kappa shape index (κ3) is 3.55. The second-order valence-electron chi connectivity index (χ2n) is 5.44. The summed E-state index contributed by atoms with van der Waals surface area (Å²) < 4.78 is 10.7. The first kappa shape index (κ1) is 15.4. The maximum atomic E-state index is 12.8. The number of carbonyl (C=O) groups is 1. The number of nitrogens with zero attached hydrogens (tertiary/aromatic N) is 1. The van der Waals surface area contributed by atoms with E-state index >= 15 is 0 Å². The van der Waals surface area contributed by atoms with Gasteiger partial charge in [-0.2, -0.15) is 0 Å². The fourth-order valence-corrected chi connectivity index (χ4v) is 2.15. The summed E-state index contributed by atoms with van der Waals surface area (Å²) >= 11 is 0. The predicted octanol–water partition coefficient (Wildman–Crippen LogP) is 2.78. The number of hydrogen-bond donors (Lipinski definition) is 1. The van der Waals surface area contributed by atoms with Gasteiger partial charge in [0.1, 0.15) is 11.5 Å². The van der Waals surface area contributed by atoms with Gasteiger partial charge in [0, 0.05) is 6.54 Å². The smallest absolute Gasteiger partial charge is 0.230 e. The van der Waals surface area contributed by atoms with Crippen molar-refractivity contribution in [1.82, 2.24) is 4.90 Å². The summed E-state index contributed by atoms with van der Waals surface area (Å²) in [6.45, 7) is 4.99. The Balaban J connectivity index is 2.20. The van der Waals surface area contributed by atoms with Crippen LogP contribution in [-0.2, 0) is 17.9 Å². The number of furan rings is 2. The molecule has 0 radical (unpaired) electrons. The first-order valence-corrected chi connectivity index (χ1v) is 7.13. The van der Waals surface area contributed by atoms with E-state index in [1.165, 1.54) is 0 Å². The SMILES string of the molecule is CCC(C)(CN)C(=O)N(Cc1ccco1)Cc1ccco1. The molecular weight excluding hydrogens is 268 g/mol. The summed E-state index contributed by atoms with van der Waals surface area (Å²) in [5.74, 6) is 1.50. The quantitative estimate of drug-likeness (QED) is 0.851. The lowest BCUT2D eigenvalue weighted by molar-refractivity contribution is -0.142. The Morgan fingerprint density at radius 3 is 2.05 bits per heavy atom. The minimum absolute atomic E-state index is 0.0142. The molecule has 1 atom stereocenters. The van der Waals surface area contributed by atoms with Crippen molar-refractivity contribution in [3.63, 3.8) is 0 Å². The van der Waals surface area contributed by atoms with Crippen LogP contribution in [0, 0.1) is 5.41 Å². The van der Waals surface area contributed by atoms with Gasteiger partial charge in [0.2, 0.25) is 5.91 Å². The van der Waals surface area contributed by atoms with Gasteiger partial charge in [0.15, 0.2) is 0 Å². The summed E-state index contributed by atoms with van der Waals surface area (Å²) in [6, 6.07) is 7.34. The Morgan fingerprint density at radius 1 is 1.19 bits per heavy atom. The van der Waals surface area contributed by atoms with Gasteiger partial charge in [-0.25, -0.2) is 0 Å². The zero-order valence-corrected chi connectivity index (χ0v) is 12.5. The van der Waals surface area contributed by atoms with Crippen LogP contribution >= 0.6 is 0 Å². The van der Waals surface area contributed by atoms with Crippen LogP contribution in [0.4, 0.5) is 0 Å². The first-order chi connectivity index (χ1) is 10.1. The number of rotatable bonds is 7. The topological polar surface area (TPSA) is 72.6 Å². The molecule has 5 heteroatoms. The lowest BCUT2D eigenvalue weighted by atomic mass is 9.86. The predicted molar refractivity (Wildman–Crippen MR) is 79.1 cm³/mol. The molecule has 0 aliphatic rings. The zero-order valence-electron chi connectivity index (χ0n) is 12.5. The molecule has 0 aliphatic carbocycles. The second kappa shape index (κ2) is 6.63. The van der Waals surface area contributed by atoms with Gasteiger partial charge in [0.05, 0.1) is 31.0 Å². The Bertz CT molecular complexity index is 506. The van der Waals surface area contributed by atoms with Crippen LogP contribution in [0.25, 0.3) is 0 Å². The van der Waals surface area contributed by atoms with Crippen LogP contribution in [0.5, 0.6) is 0 Å². The van der Waals surface area contributed by atoms with E-state index in [2.05, 4.69) is 0 Å². The van der Waals surface area contributed by atoms with Crippen molar-refractivity contribution in [3.05, 3.63) is 48.3 Å². The summed E-state index contributed by atoms with van der Waals surface area (Å²) in [5, 5.41) is 0. The summed E-state index contributed by atoms with van der Waals surface area (Å²) in [4.78, 5) is 14.6. The summed E-state index contributed by atoms with van der Waals surface area (Å²) in [5.41, 5.74) is 5.24. The number of hydrogen-bond acceptors (Lipinski definition) is 4. The molecule has 0 aliphatic heterocycles. The molecule has 2 aromatic rings. The highest BCUT2D eigenvalue weighted by molar-refractivity contribution is 5.82. The van der Waals surface area contributed by atoms with Gasteiger partial charge in [-0.15, -0.1) is 0 Å². The van der Waals surface area contributed by atoms with Crippen LogP contribution in [0.1, 0.15) is 31.8 Å². The molecule has 0 saturated heterocycles. The largest absolute Gasteiger partial charge is 0.467 e. The molecule has 0 aromatic carbocycles. The molecule has 1 unspecified atom stereocenters. The van der Waals surface area contributed by atoms with E-state index in [-0.39, 0.29) is 5.91 Å². The Hall–Kier alpha value is -2.01.